The van der Waals surface area contributed by atoms with Crippen LogP contribution in [0.25, 0.3) is 0 Å². The second-order valence-electron chi connectivity index (χ2n) is 7.42. The molecule has 1 N–H and O–H groups in total. The molecule has 25 heavy (non-hydrogen) atoms. The van der Waals surface area contributed by atoms with Gasteiger partial charge in [0.15, 0.2) is 0 Å². The van der Waals surface area contributed by atoms with Gasteiger partial charge in [-0.15, -0.1) is 10.2 Å². The molecule has 1 aliphatic carbocycles. The molecule has 2 aliphatic rings. The molecule has 0 unspecified atom stereocenters. The van der Waals surface area contributed by atoms with E-state index in [-0.39, 0.29) is 17.9 Å². The molecule has 140 valence electrons. The van der Waals surface area contributed by atoms with Crippen molar-refractivity contribution < 1.29 is 13.9 Å². The van der Waals surface area contributed by atoms with Crippen molar-refractivity contribution >= 4 is 5.91 Å². The molecule has 0 bridgehead atoms. The number of piperidine rings is 1. The Balaban J connectivity index is 1.31. The van der Waals surface area contributed by atoms with Gasteiger partial charge in [0.1, 0.15) is 0 Å². The highest BCUT2D eigenvalue weighted by Crippen LogP contribution is 2.39. The molecule has 0 radical (unpaired) electrons. The molecule has 1 saturated carbocycles. The van der Waals surface area contributed by atoms with E-state index < -0.39 is 0 Å². The summed E-state index contributed by atoms with van der Waals surface area (Å²) in [5, 5.41) is 11.3. The van der Waals surface area contributed by atoms with E-state index in [1.54, 1.807) is 0 Å². The lowest BCUT2D eigenvalue weighted by Crippen LogP contribution is -2.40. The maximum atomic E-state index is 12.2. The Morgan fingerprint density at radius 1 is 1.28 bits per heavy atom. The average Bonchev–Trinajstić information content (AvgIpc) is 3.35. The third kappa shape index (κ3) is 5.78. The fourth-order valence-corrected chi connectivity index (χ4v) is 3.12. The van der Waals surface area contributed by atoms with Crippen molar-refractivity contribution in [3.63, 3.8) is 0 Å². The van der Waals surface area contributed by atoms with Gasteiger partial charge in [0.2, 0.25) is 17.7 Å². The Morgan fingerprint density at radius 2 is 2.04 bits per heavy atom. The lowest BCUT2D eigenvalue weighted by Gasteiger charge is -2.30. The molecular formula is C18H30N4O3. The van der Waals surface area contributed by atoms with Crippen LogP contribution >= 0.6 is 0 Å². The number of likely N-dealkylation sites (tertiary alicyclic amines) is 1. The van der Waals surface area contributed by atoms with Crippen molar-refractivity contribution in [2.75, 3.05) is 26.2 Å². The number of carbonyl (C=O) groups excluding carboxylic acids is 1. The van der Waals surface area contributed by atoms with Crippen LogP contribution in [-0.4, -0.2) is 53.3 Å². The largest absolute Gasteiger partial charge is 0.424 e. The molecule has 0 atom stereocenters. The molecule has 1 saturated heterocycles. The average molecular weight is 350 g/mol. The van der Waals surface area contributed by atoms with E-state index >= 15 is 0 Å². The summed E-state index contributed by atoms with van der Waals surface area (Å²) in [5.41, 5.74) is 0. The van der Waals surface area contributed by atoms with Crippen LogP contribution in [0.2, 0.25) is 0 Å². The van der Waals surface area contributed by atoms with Gasteiger partial charge in [-0.3, -0.25) is 9.69 Å². The Labute approximate surface area is 149 Å². The van der Waals surface area contributed by atoms with Gasteiger partial charge >= 0.3 is 0 Å². The highest BCUT2D eigenvalue weighted by molar-refractivity contribution is 5.78. The molecule has 0 aromatic carbocycles. The fraction of sp³-hybridized carbons (Fsp3) is 0.833. The van der Waals surface area contributed by atoms with Crippen molar-refractivity contribution in [2.45, 2.75) is 64.5 Å². The van der Waals surface area contributed by atoms with Crippen molar-refractivity contribution in [1.29, 1.82) is 0 Å². The number of rotatable bonds is 9. The molecule has 1 aliphatic heterocycles. The predicted molar refractivity (Wildman–Crippen MR) is 93.0 cm³/mol. The highest BCUT2D eigenvalue weighted by atomic mass is 16.5. The van der Waals surface area contributed by atoms with Crippen molar-refractivity contribution in [2.24, 2.45) is 5.92 Å². The Morgan fingerprint density at radius 3 is 2.72 bits per heavy atom. The van der Waals surface area contributed by atoms with Crippen molar-refractivity contribution in [3.8, 4) is 0 Å². The van der Waals surface area contributed by atoms with Gasteiger partial charge in [0.25, 0.3) is 0 Å². The zero-order chi connectivity index (χ0) is 17.6. The molecule has 1 aromatic rings. The number of ether oxygens (including phenoxy) is 1. The van der Waals surface area contributed by atoms with Gasteiger partial charge in [-0.2, -0.15) is 0 Å². The topological polar surface area (TPSA) is 80.5 Å². The summed E-state index contributed by atoms with van der Waals surface area (Å²) in [7, 11) is 0. The monoisotopic (exact) mass is 350 g/mol. The molecule has 7 heteroatoms. The number of carbonyl (C=O) groups is 1. The van der Waals surface area contributed by atoms with E-state index in [0.29, 0.717) is 31.5 Å². The van der Waals surface area contributed by atoms with Gasteiger partial charge < -0.3 is 14.5 Å². The smallest absolute Gasteiger partial charge is 0.230 e. The summed E-state index contributed by atoms with van der Waals surface area (Å²) < 4.78 is 11.2. The van der Waals surface area contributed by atoms with Crippen LogP contribution in [0.5, 0.6) is 0 Å². The lowest BCUT2D eigenvalue weighted by atomic mass is 9.96. The molecular weight excluding hydrogens is 320 g/mol. The van der Waals surface area contributed by atoms with Crippen LogP contribution < -0.4 is 5.32 Å². The van der Waals surface area contributed by atoms with Gasteiger partial charge in [-0.1, -0.05) is 0 Å². The first-order valence-corrected chi connectivity index (χ1v) is 9.55. The number of hydrogen-bond donors (Lipinski definition) is 1. The Hall–Kier alpha value is -1.47. The lowest BCUT2D eigenvalue weighted by molar-refractivity contribution is -0.126. The van der Waals surface area contributed by atoms with Crippen LogP contribution in [0.3, 0.4) is 0 Å². The van der Waals surface area contributed by atoms with E-state index in [1.807, 2.05) is 13.8 Å². The minimum absolute atomic E-state index is 0.118. The number of nitrogens with zero attached hydrogens (tertiary/aromatic N) is 3. The maximum absolute atomic E-state index is 12.2. The van der Waals surface area contributed by atoms with Gasteiger partial charge in [-0.25, -0.2) is 0 Å². The zero-order valence-corrected chi connectivity index (χ0v) is 15.4. The molecule has 0 spiro atoms. The first-order valence-electron chi connectivity index (χ1n) is 9.55. The quantitative estimate of drug-likeness (QED) is 0.687. The Bertz CT molecular complexity index is 548. The SMILES string of the molecule is CC(C)OCCCNC(=O)C1CCN(Cc2nnc(C3CC3)o2)CC1. The number of aromatic nitrogens is 2. The summed E-state index contributed by atoms with van der Waals surface area (Å²) >= 11 is 0. The first-order chi connectivity index (χ1) is 12.1. The summed E-state index contributed by atoms with van der Waals surface area (Å²) in [6, 6.07) is 0. The van der Waals surface area contributed by atoms with Crippen LogP contribution in [0.15, 0.2) is 4.42 Å². The van der Waals surface area contributed by atoms with Crippen LogP contribution in [0.1, 0.15) is 63.7 Å². The van der Waals surface area contributed by atoms with Crippen LogP contribution in [0.4, 0.5) is 0 Å². The molecule has 3 rings (SSSR count). The second kappa shape index (κ2) is 8.76. The van der Waals surface area contributed by atoms with Crippen molar-refractivity contribution in [1.82, 2.24) is 20.4 Å². The summed E-state index contributed by atoms with van der Waals surface area (Å²) in [6.45, 7) is 7.92. The molecule has 2 heterocycles. The first kappa shape index (κ1) is 18.3. The molecule has 1 amide bonds. The van der Waals surface area contributed by atoms with E-state index in [0.717, 1.165) is 38.2 Å². The Kier molecular flexibility index (Phi) is 6.42. The van der Waals surface area contributed by atoms with Crippen LogP contribution in [-0.2, 0) is 16.1 Å². The summed E-state index contributed by atoms with van der Waals surface area (Å²) in [6.07, 6.45) is 5.23. The summed E-state index contributed by atoms with van der Waals surface area (Å²) in [4.78, 5) is 14.5. The zero-order valence-electron chi connectivity index (χ0n) is 15.4. The van der Waals surface area contributed by atoms with E-state index in [2.05, 4.69) is 20.4 Å². The summed E-state index contributed by atoms with van der Waals surface area (Å²) in [5.74, 6) is 2.30. The third-order valence-corrected chi connectivity index (χ3v) is 4.80. The number of nitrogens with one attached hydrogen (secondary N) is 1. The minimum Gasteiger partial charge on any atom is -0.424 e. The maximum Gasteiger partial charge on any atom is 0.230 e. The molecule has 2 fully saturated rings. The molecule has 1 aromatic heterocycles. The van der Waals surface area contributed by atoms with Crippen molar-refractivity contribution in [3.05, 3.63) is 11.8 Å². The molecule has 7 nitrogen and oxygen atoms in total. The van der Waals surface area contributed by atoms with E-state index in [9.17, 15) is 4.79 Å². The van der Waals surface area contributed by atoms with E-state index in [4.69, 9.17) is 9.15 Å². The van der Waals surface area contributed by atoms with Gasteiger partial charge in [0, 0.05) is 25.0 Å². The number of amides is 1. The predicted octanol–water partition coefficient (Wildman–Crippen LogP) is 2.09. The highest BCUT2D eigenvalue weighted by Gasteiger charge is 2.30. The fourth-order valence-electron chi connectivity index (χ4n) is 3.12. The van der Waals surface area contributed by atoms with Crippen LogP contribution in [0, 0.1) is 5.92 Å². The van der Waals surface area contributed by atoms with E-state index in [1.165, 1.54) is 12.8 Å². The van der Waals surface area contributed by atoms with Gasteiger partial charge in [-0.05, 0) is 59.0 Å². The van der Waals surface area contributed by atoms with Gasteiger partial charge in [0.05, 0.1) is 12.6 Å². The minimum atomic E-state index is 0.118. The normalized spacial score (nSPS) is 19.5. The number of hydrogen-bond acceptors (Lipinski definition) is 6. The second-order valence-corrected chi connectivity index (χ2v) is 7.42. The third-order valence-electron chi connectivity index (χ3n) is 4.80. The standard InChI is InChI=1S/C18H30N4O3/c1-13(2)24-11-3-8-19-17(23)14-6-9-22(10-7-14)12-16-20-21-18(25-16)15-4-5-15/h13-15H,3-12H2,1-2H3,(H,19,23).